The van der Waals surface area contributed by atoms with Gasteiger partial charge in [-0.05, 0) is 59.8 Å². The number of likely N-dealkylation sites (N-methyl/N-ethyl adjacent to an activating group) is 1. The number of tetrazole rings is 1. The van der Waals surface area contributed by atoms with Crippen LogP contribution in [0, 0.1) is 5.92 Å². The number of amides is 4. The average molecular weight is 605 g/mol. The number of anilines is 2. The molecular formula is C27H31F3N8O5. The molecule has 0 unspecified atom stereocenters. The van der Waals surface area contributed by atoms with Crippen LogP contribution in [0.15, 0.2) is 48.8 Å². The van der Waals surface area contributed by atoms with Crippen LogP contribution < -0.4 is 15.4 Å². The standard InChI is InChI=1S/C27H31F3N8O5/c1-16-11-38(17(2)14-39)25(41)21-10-20(32-24(40)13-37-15-31-34-35-37)8-9-22(21)43-23(16)12-36(3)26(42)33-19-6-4-18(5-7-19)27(28,29)30/h4-10,15-17,23,39H,11-14H2,1-3H3,(H,32,40)(H,33,42)/t16-,17-,23-/m0/s1. The number of carbonyl (C=O) groups is 3. The SMILES string of the molecule is C[C@H]1CN([C@@H](C)CO)C(=O)c2cc(NC(=O)Cn3cnnn3)ccc2O[C@H]1CN(C)C(=O)Nc1ccc(C(F)(F)F)cc1. The molecular weight excluding hydrogens is 573 g/mol. The molecule has 0 aliphatic carbocycles. The molecule has 1 aromatic heterocycles. The molecule has 0 saturated heterocycles. The lowest BCUT2D eigenvalue weighted by Gasteiger charge is -2.38. The van der Waals surface area contributed by atoms with Gasteiger partial charge in [-0.15, -0.1) is 5.10 Å². The number of alkyl halides is 3. The van der Waals surface area contributed by atoms with Gasteiger partial charge < -0.3 is 30.3 Å². The molecule has 2 heterocycles. The molecule has 3 aromatic rings. The Morgan fingerprint density at radius 2 is 1.86 bits per heavy atom. The number of hydrogen-bond acceptors (Lipinski definition) is 8. The first-order valence-corrected chi connectivity index (χ1v) is 13.3. The number of hydrogen-bond donors (Lipinski definition) is 3. The van der Waals surface area contributed by atoms with Crippen molar-refractivity contribution in [3.8, 4) is 5.75 Å². The lowest BCUT2D eigenvalue weighted by Crippen LogP contribution is -2.50. The van der Waals surface area contributed by atoms with Crippen molar-refractivity contribution in [1.82, 2.24) is 30.0 Å². The first-order chi connectivity index (χ1) is 20.3. The molecule has 230 valence electrons. The van der Waals surface area contributed by atoms with Crippen LogP contribution in [0.4, 0.5) is 29.3 Å². The molecule has 2 aromatic carbocycles. The summed E-state index contributed by atoms with van der Waals surface area (Å²) in [4.78, 5) is 41.8. The number of nitrogens with one attached hydrogen (secondary N) is 2. The van der Waals surface area contributed by atoms with Crippen LogP contribution in [-0.2, 0) is 17.5 Å². The molecule has 13 nitrogen and oxygen atoms in total. The van der Waals surface area contributed by atoms with E-state index in [1.165, 1.54) is 52.1 Å². The average Bonchev–Trinajstić information content (AvgIpc) is 3.47. The second-order valence-corrected chi connectivity index (χ2v) is 10.3. The quantitative estimate of drug-likeness (QED) is 0.355. The number of ether oxygens (including phenoxy) is 1. The third-order valence-corrected chi connectivity index (χ3v) is 6.91. The number of urea groups is 1. The number of aliphatic hydroxyl groups is 1. The highest BCUT2D eigenvalue weighted by molar-refractivity contribution is 6.00. The molecule has 16 heteroatoms. The summed E-state index contributed by atoms with van der Waals surface area (Å²) in [5, 5.41) is 25.7. The van der Waals surface area contributed by atoms with Gasteiger partial charge in [-0.25, -0.2) is 9.48 Å². The summed E-state index contributed by atoms with van der Waals surface area (Å²) in [6.07, 6.45) is -3.83. The molecule has 1 aliphatic heterocycles. The second-order valence-electron chi connectivity index (χ2n) is 10.3. The van der Waals surface area contributed by atoms with Gasteiger partial charge in [-0.3, -0.25) is 9.59 Å². The third kappa shape index (κ3) is 7.77. The summed E-state index contributed by atoms with van der Waals surface area (Å²) in [6.45, 7) is 3.35. The van der Waals surface area contributed by atoms with Crippen molar-refractivity contribution in [2.45, 2.75) is 38.7 Å². The minimum absolute atomic E-state index is 0.0625. The number of carbonyl (C=O) groups excluding carboxylic acids is 3. The molecule has 43 heavy (non-hydrogen) atoms. The molecule has 0 spiro atoms. The van der Waals surface area contributed by atoms with E-state index in [0.29, 0.717) is 5.69 Å². The summed E-state index contributed by atoms with van der Waals surface area (Å²) in [6, 6.07) is 7.54. The Labute approximate surface area is 244 Å². The van der Waals surface area contributed by atoms with E-state index < -0.39 is 41.7 Å². The maximum atomic E-state index is 13.6. The third-order valence-electron chi connectivity index (χ3n) is 6.91. The summed E-state index contributed by atoms with van der Waals surface area (Å²) in [7, 11) is 1.51. The Hall–Kier alpha value is -4.73. The molecule has 0 radical (unpaired) electrons. The lowest BCUT2D eigenvalue weighted by atomic mass is 9.99. The first-order valence-electron chi connectivity index (χ1n) is 13.3. The van der Waals surface area contributed by atoms with Crippen LogP contribution in [0.25, 0.3) is 0 Å². The van der Waals surface area contributed by atoms with Gasteiger partial charge in [0.2, 0.25) is 5.91 Å². The Kier molecular flexibility index (Phi) is 9.48. The summed E-state index contributed by atoms with van der Waals surface area (Å²) in [5.41, 5.74) is -0.177. The number of aliphatic hydroxyl groups excluding tert-OH is 1. The second kappa shape index (κ2) is 13.1. The normalized spacial score (nSPS) is 17.7. The molecule has 4 amide bonds. The Balaban J connectivity index is 1.52. The van der Waals surface area contributed by atoms with Crippen LogP contribution in [0.3, 0.4) is 0 Å². The van der Waals surface area contributed by atoms with Crippen molar-refractivity contribution >= 4 is 29.2 Å². The monoisotopic (exact) mass is 604 g/mol. The van der Waals surface area contributed by atoms with Crippen LogP contribution in [0.5, 0.6) is 5.75 Å². The van der Waals surface area contributed by atoms with Gasteiger partial charge in [0.25, 0.3) is 5.91 Å². The van der Waals surface area contributed by atoms with Crippen LogP contribution in [-0.4, -0.2) is 91.8 Å². The lowest BCUT2D eigenvalue weighted by molar-refractivity contribution is -0.137. The number of fused-ring (bicyclic) bond motifs is 1. The largest absolute Gasteiger partial charge is 0.487 e. The van der Waals surface area contributed by atoms with Crippen LogP contribution >= 0.6 is 0 Å². The van der Waals surface area contributed by atoms with Crippen molar-refractivity contribution in [2.75, 3.05) is 37.4 Å². The zero-order valence-corrected chi connectivity index (χ0v) is 23.6. The summed E-state index contributed by atoms with van der Waals surface area (Å²) in [5.74, 6) is -0.930. The van der Waals surface area contributed by atoms with E-state index in [1.807, 2.05) is 6.92 Å². The number of halogens is 3. The van der Waals surface area contributed by atoms with Crippen molar-refractivity contribution in [1.29, 1.82) is 0 Å². The number of aromatic nitrogens is 4. The van der Waals surface area contributed by atoms with Crippen molar-refractivity contribution in [2.24, 2.45) is 5.92 Å². The topological polar surface area (TPSA) is 155 Å². The summed E-state index contributed by atoms with van der Waals surface area (Å²) < 4.78 is 46.1. The Morgan fingerprint density at radius 1 is 1.16 bits per heavy atom. The highest BCUT2D eigenvalue weighted by atomic mass is 19.4. The van der Waals surface area contributed by atoms with E-state index in [-0.39, 0.29) is 49.2 Å². The molecule has 4 rings (SSSR count). The van der Waals surface area contributed by atoms with Gasteiger partial charge in [0.05, 0.1) is 30.3 Å². The smallest absolute Gasteiger partial charge is 0.416 e. The van der Waals surface area contributed by atoms with Crippen molar-refractivity contribution in [3.05, 3.63) is 59.9 Å². The van der Waals surface area contributed by atoms with Gasteiger partial charge in [-0.2, -0.15) is 13.2 Å². The van der Waals surface area contributed by atoms with Gasteiger partial charge >= 0.3 is 12.2 Å². The molecule has 0 fully saturated rings. The number of rotatable bonds is 8. The predicted octanol–water partition coefficient (Wildman–Crippen LogP) is 2.71. The molecule has 3 atom stereocenters. The van der Waals surface area contributed by atoms with E-state index in [2.05, 4.69) is 26.2 Å². The van der Waals surface area contributed by atoms with E-state index in [4.69, 9.17) is 4.74 Å². The van der Waals surface area contributed by atoms with Gasteiger partial charge in [0, 0.05) is 30.9 Å². The fraction of sp³-hybridized carbons (Fsp3) is 0.407. The zero-order valence-electron chi connectivity index (χ0n) is 23.6. The maximum Gasteiger partial charge on any atom is 0.416 e. The minimum atomic E-state index is -4.49. The highest BCUT2D eigenvalue weighted by Crippen LogP contribution is 2.32. The number of nitrogens with zero attached hydrogens (tertiary/aromatic N) is 6. The Morgan fingerprint density at radius 3 is 2.49 bits per heavy atom. The molecule has 3 N–H and O–H groups in total. The Bertz CT molecular complexity index is 1440. The van der Waals surface area contributed by atoms with Gasteiger partial charge in [0.1, 0.15) is 24.7 Å². The van der Waals surface area contributed by atoms with Crippen molar-refractivity contribution in [3.63, 3.8) is 0 Å². The summed E-state index contributed by atoms with van der Waals surface area (Å²) >= 11 is 0. The molecule has 0 bridgehead atoms. The first kappa shape index (κ1) is 31.2. The van der Waals surface area contributed by atoms with E-state index in [0.717, 1.165) is 12.1 Å². The fourth-order valence-corrected chi connectivity index (χ4v) is 4.43. The predicted molar refractivity (Wildman–Crippen MR) is 147 cm³/mol. The maximum absolute atomic E-state index is 13.6. The van der Waals surface area contributed by atoms with E-state index >= 15 is 0 Å². The van der Waals surface area contributed by atoms with Crippen LogP contribution in [0.2, 0.25) is 0 Å². The van der Waals surface area contributed by atoms with Gasteiger partial charge in [0.15, 0.2) is 0 Å². The van der Waals surface area contributed by atoms with Gasteiger partial charge in [-0.1, -0.05) is 6.92 Å². The van der Waals surface area contributed by atoms with E-state index in [1.54, 1.807) is 13.0 Å². The number of benzene rings is 2. The van der Waals surface area contributed by atoms with Crippen molar-refractivity contribution < 1.29 is 37.4 Å². The van der Waals surface area contributed by atoms with Crippen LogP contribution in [0.1, 0.15) is 29.8 Å². The highest BCUT2D eigenvalue weighted by Gasteiger charge is 2.34. The molecule has 0 saturated carbocycles. The zero-order chi connectivity index (χ0) is 31.3. The molecule has 1 aliphatic rings. The fourth-order valence-electron chi connectivity index (χ4n) is 4.43. The van der Waals surface area contributed by atoms with E-state index in [9.17, 15) is 32.7 Å². The minimum Gasteiger partial charge on any atom is -0.487 e.